The van der Waals surface area contributed by atoms with E-state index in [4.69, 9.17) is 0 Å². The number of carbonyl (C=O) groups is 1. The summed E-state index contributed by atoms with van der Waals surface area (Å²) in [5, 5.41) is 29.2. The van der Waals surface area contributed by atoms with Crippen LogP contribution < -0.4 is 10.6 Å². The van der Waals surface area contributed by atoms with Gasteiger partial charge in [-0.25, -0.2) is 17.9 Å². The van der Waals surface area contributed by atoms with Crippen molar-refractivity contribution < 1.29 is 23.1 Å². The first kappa shape index (κ1) is 28.5. The Morgan fingerprint density at radius 2 is 1.70 bits per heavy atom. The molecule has 0 spiro atoms. The molecule has 1 amide bonds. The van der Waals surface area contributed by atoms with E-state index in [-0.39, 0.29) is 29.6 Å². The van der Waals surface area contributed by atoms with Gasteiger partial charge in [0.25, 0.3) is 12.3 Å². The Bertz CT molecular complexity index is 1520. The summed E-state index contributed by atoms with van der Waals surface area (Å²) in [7, 11) is 0. The van der Waals surface area contributed by atoms with Crippen LogP contribution in [0.2, 0.25) is 0 Å². The highest BCUT2D eigenvalue weighted by molar-refractivity contribution is 6.03. The number of benzene rings is 3. The molecule has 0 radical (unpaired) electrons. The Hall–Kier alpha value is -4.46. The van der Waals surface area contributed by atoms with E-state index in [1.165, 1.54) is 18.2 Å². The van der Waals surface area contributed by atoms with Crippen molar-refractivity contribution in [3.8, 4) is 11.8 Å². The number of aromatic nitrogens is 2. The number of rotatable bonds is 10. The lowest BCUT2D eigenvalue weighted by molar-refractivity contribution is 0.0471. The molecule has 10 heteroatoms. The topological polar surface area (TPSA) is 103 Å². The van der Waals surface area contributed by atoms with E-state index in [1.807, 2.05) is 56.3 Å². The SMILES string of the molecule is CC(C)(CO)NC(c1ccccc1)c1cccc(NC(=O)c2cc(C(F)C(F)F)nn2-c2cccc(C#N)c2)c1. The van der Waals surface area contributed by atoms with Crippen LogP contribution in [0.4, 0.5) is 18.9 Å². The molecule has 0 saturated carbocycles. The molecule has 206 valence electrons. The number of anilines is 1. The number of amides is 1. The average Bonchev–Trinajstić information content (AvgIpc) is 3.42. The van der Waals surface area contributed by atoms with Crippen molar-refractivity contribution in [1.29, 1.82) is 5.26 Å². The summed E-state index contributed by atoms with van der Waals surface area (Å²) >= 11 is 0. The Labute approximate surface area is 229 Å². The van der Waals surface area contributed by atoms with Crippen LogP contribution in [-0.2, 0) is 0 Å². The van der Waals surface area contributed by atoms with Gasteiger partial charge in [0.2, 0.25) is 6.17 Å². The Balaban J connectivity index is 1.70. The highest BCUT2D eigenvalue weighted by Crippen LogP contribution is 2.29. The van der Waals surface area contributed by atoms with Crippen LogP contribution in [0.3, 0.4) is 0 Å². The van der Waals surface area contributed by atoms with Crippen LogP contribution in [0, 0.1) is 11.3 Å². The van der Waals surface area contributed by atoms with E-state index in [1.54, 1.807) is 24.3 Å². The first-order valence-corrected chi connectivity index (χ1v) is 12.5. The summed E-state index contributed by atoms with van der Waals surface area (Å²) in [6, 6.07) is 25.3. The highest BCUT2D eigenvalue weighted by atomic mass is 19.3. The normalized spacial score (nSPS) is 13.1. The fourth-order valence-electron chi connectivity index (χ4n) is 4.16. The number of hydrogen-bond acceptors (Lipinski definition) is 5. The molecule has 0 bridgehead atoms. The zero-order valence-electron chi connectivity index (χ0n) is 21.9. The fraction of sp³-hybridized carbons (Fsp3) is 0.233. The van der Waals surface area contributed by atoms with Crippen LogP contribution in [0.5, 0.6) is 0 Å². The summed E-state index contributed by atoms with van der Waals surface area (Å²) in [5.74, 6) is -0.709. The quantitative estimate of drug-likeness (QED) is 0.236. The molecule has 0 aliphatic heterocycles. The lowest BCUT2D eigenvalue weighted by Gasteiger charge is -2.31. The first-order valence-electron chi connectivity index (χ1n) is 12.5. The van der Waals surface area contributed by atoms with Gasteiger partial charge in [-0.05, 0) is 61.4 Å². The fourth-order valence-corrected chi connectivity index (χ4v) is 4.16. The molecule has 0 fully saturated rings. The second kappa shape index (κ2) is 12.2. The molecule has 3 N–H and O–H groups in total. The first-order chi connectivity index (χ1) is 19.1. The minimum Gasteiger partial charge on any atom is -0.394 e. The van der Waals surface area contributed by atoms with Gasteiger partial charge in [0.15, 0.2) is 0 Å². The molecule has 3 aromatic carbocycles. The van der Waals surface area contributed by atoms with Gasteiger partial charge < -0.3 is 10.4 Å². The van der Waals surface area contributed by atoms with E-state index in [0.29, 0.717) is 5.69 Å². The summed E-state index contributed by atoms with van der Waals surface area (Å²) < 4.78 is 41.6. The van der Waals surface area contributed by atoms with Gasteiger partial charge in [-0.3, -0.25) is 10.1 Å². The van der Waals surface area contributed by atoms with E-state index >= 15 is 0 Å². The number of aliphatic hydroxyl groups is 1. The molecule has 0 aliphatic carbocycles. The maximum atomic E-state index is 14.2. The summed E-state index contributed by atoms with van der Waals surface area (Å²) in [6.45, 7) is 3.62. The minimum absolute atomic E-state index is 0.111. The van der Waals surface area contributed by atoms with E-state index in [9.17, 15) is 28.3 Å². The molecular weight excluding hydrogens is 519 g/mol. The molecule has 2 atom stereocenters. The zero-order valence-corrected chi connectivity index (χ0v) is 21.9. The van der Waals surface area contributed by atoms with E-state index < -0.39 is 29.7 Å². The van der Waals surface area contributed by atoms with Gasteiger partial charge in [-0.1, -0.05) is 48.5 Å². The van der Waals surface area contributed by atoms with Gasteiger partial charge in [-0.15, -0.1) is 0 Å². The van der Waals surface area contributed by atoms with Crippen molar-refractivity contribution in [3.63, 3.8) is 0 Å². The predicted octanol–water partition coefficient (Wildman–Crippen LogP) is 5.72. The summed E-state index contributed by atoms with van der Waals surface area (Å²) in [6.07, 6.45) is -6.02. The number of nitrogens with one attached hydrogen (secondary N) is 2. The number of nitriles is 1. The van der Waals surface area contributed by atoms with Crippen LogP contribution in [0.25, 0.3) is 5.69 Å². The third-order valence-corrected chi connectivity index (χ3v) is 6.23. The van der Waals surface area contributed by atoms with E-state index in [2.05, 4.69) is 15.7 Å². The highest BCUT2D eigenvalue weighted by Gasteiger charge is 2.28. The summed E-state index contributed by atoms with van der Waals surface area (Å²) in [4.78, 5) is 13.4. The second-order valence-electron chi connectivity index (χ2n) is 9.87. The molecule has 4 rings (SSSR count). The maximum absolute atomic E-state index is 14.2. The molecule has 1 heterocycles. The Kier molecular flexibility index (Phi) is 8.67. The van der Waals surface area contributed by atoms with Crippen molar-refractivity contribution >= 4 is 11.6 Å². The number of aliphatic hydroxyl groups excluding tert-OH is 1. The minimum atomic E-state index is -3.33. The van der Waals surface area contributed by atoms with E-state index in [0.717, 1.165) is 21.9 Å². The molecular formula is C30H28F3N5O2. The standard InChI is InChI=1S/C30H28F3N5O2/c1-30(2,18-39)36-27(20-9-4-3-5-10-20)21-11-7-12-22(15-21)35-29(40)25-16-24(26(31)28(32)33)37-38(25)23-13-6-8-19(14-23)17-34/h3-16,26-28,36,39H,18H2,1-2H3,(H,35,40). The predicted molar refractivity (Wildman–Crippen MR) is 145 cm³/mol. The lowest BCUT2D eigenvalue weighted by Crippen LogP contribution is -2.45. The summed E-state index contributed by atoms with van der Waals surface area (Å²) in [5.41, 5.74) is 1.23. The number of carbonyl (C=O) groups excluding carboxylic acids is 1. The van der Waals surface area contributed by atoms with Crippen LogP contribution >= 0.6 is 0 Å². The number of nitrogens with zero attached hydrogens (tertiary/aromatic N) is 3. The lowest BCUT2D eigenvalue weighted by atomic mass is 9.94. The molecule has 7 nitrogen and oxygen atoms in total. The van der Waals surface area contributed by atoms with Crippen molar-refractivity contribution in [2.24, 2.45) is 0 Å². The zero-order chi connectivity index (χ0) is 28.9. The van der Waals surface area contributed by atoms with Gasteiger partial charge in [0.1, 0.15) is 11.4 Å². The van der Waals surface area contributed by atoms with Gasteiger partial charge in [-0.2, -0.15) is 10.4 Å². The van der Waals surface area contributed by atoms with Crippen molar-refractivity contribution in [3.05, 3.63) is 113 Å². The Morgan fingerprint density at radius 3 is 2.38 bits per heavy atom. The molecule has 1 aromatic heterocycles. The van der Waals surface area contributed by atoms with Gasteiger partial charge in [0.05, 0.1) is 30.0 Å². The molecule has 4 aromatic rings. The number of halogens is 3. The molecule has 0 saturated heterocycles. The smallest absolute Gasteiger partial charge is 0.275 e. The van der Waals surface area contributed by atoms with Gasteiger partial charge >= 0.3 is 0 Å². The molecule has 2 unspecified atom stereocenters. The third kappa shape index (κ3) is 6.57. The van der Waals surface area contributed by atoms with Crippen molar-refractivity contribution in [2.45, 2.75) is 38.0 Å². The van der Waals surface area contributed by atoms with Crippen LogP contribution in [-0.4, -0.2) is 39.4 Å². The number of alkyl halides is 3. The molecule has 0 aliphatic rings. The van der Waals surface area contributed by atoms with Gasteiger partial charge in [0, 0.05) is 11.2 Å². The molecule has 40 heavy (non-hydrogen) atoms. The maximum Gasteiger partial charge on any atom is 0.275 e. The average molecular weight is 548 g/mol. The second-order valence-corrected chi connectivity index (χ2v) is 9.87. The van der Waals surface area contributed by atoms with Crippen molar-refractivity contribution in [2.75, 3.05) is 11.9 Å². The third-order valence-electron chi connectivity index (χ3n) is 6.23. The van der Waals surface area contributed by atoms with Crippen LogP contribution in [0.15, 0.2) is 84.9 Å². The Morgan fingerprint density at radius 1 is 1.00 bits per heavy atom. The van der Waals surface area contributed by atoms with Crippen molar-refractivity contribution in [1.82, 2.24) is 15.1 Å². The van der Waals surface area contributed by atoms with Crippen LogP contribution in [0.1, 0.15) is 58.9 Å². The monoisotopic (exact) mass is 547 g/mol. The largest absolute Gasteiger partial charge is 0.394 e. The number of hydrogen-bond donors (Lipinski definition) is 3.